The molecule has 1 aromatic heterocycles. The van der Waals surface area contributed by atoms with Gasteiger partial charge in [-0.15, -0.1) is 4.98 Å². The molecule has 1 N–H and O–H groups in total. The van der Waals surface area contributed by atoms with Crippen molar-refractivity contribution in [2.45, 2.75) is 13.3 Å². The van der Waals surface area contributed by atoms with Crippen LogP contribution in [0.15, 0.2) is 22.7 Å². The highest BCUT2D eigenvalue weighted by atomic mass is 79.9. The third kappa shape index (κ3) is 4.25. The van der Waals surface area contributed by atoms with Gasteiger partial charge in [0.15, 0.2) is 11.6 Å². The van der Waals surface area contributed by atoms with Crippen molar-refractivity contribution in [1.29, 1.82) is 0 Å². The minimum atomic E-state index is -0.513. The maximum atomic E-state index is 13.7. The van der Waals surface area contributed by atoms with Crippen molar-refractivity contribution in [3.63, 3.8) is 0 Å². The summed E-state index contributed by atoms with van der Waals surface area (Å²) in [7, 11) is 1.43. The van der Waals surface area contributed by atoms with E-state index in [1.54, 1.807) is 6.07 Å². The first-order chi connectivity index (χ1) is 10.1. The summed E-state index contributed by atoms with van der Waals surface area (Å²) in [4.78, 5) is 12.0. The molecule has 0 atom stereocenters. The average molecular weight is 357 g/mol. The van der Waals surface area contributed by atoms with Crippen molar-refractivity contribution in [1.82, 2.24) is 15.0 Å². The second kappa shape index (κ2) is 7.16. The molecule has 6 nitrogen and oxygen atoms in total. The molecule has 0 saturated heterocycles. The molecule has 2 rings (SSSR count). The molecule has 0 spiro atoms. The highest BCUT2D eigenvalue weighted by Crippen LogP contribution is 2.26. The minimum Gasteiger partial charge on any atom is -0.467 e. The SMILES string of the molecule is CCCNc1nc(OC)nc(Oc2cc(Br)ccc2F)n1. The lowest BCUT2D eigenvalue weighted by Crippen LogP contribution is -2.07. The zero-order valence-corrected chi connectivity index (χ0v) is 13.1. The number of anilines is 1. The summed E-state index contributed by atoms with van der Waals surface area (Å²) in [6.45, 7) is 2.71. The Labute approximate surface area is 129 Å². The summed E-state index contributed by atoms with van der Waals surface area (Å²) >= 11 is 3.25. The molecule has 1 heterocycles. The second-order valence-electron chi connectivity index (χ2n) is 4.03. The summed E-state index contributed by atoms with van der Waals surface area (Å²) in [6.07, 6.45) is 0.907. The minimum absolute atomic E-state index is 0.0130. The van der Waals surface area contributed by atoms with Gasteiger partial charge in [-0.25, -0.2) is 4.39 Å². The molecule has 0 unspecified atom stereocenters. The van der Waals surface area contributed by atoms with Crippen LogP contribution in [0.5, 0.6) is 17.8 Å². The van der Waals surface area contributed by atoms with Gasteiger partial charge in [-0.1, -0.05) is 22.9 Å². The van der Waals surface area contributed by atoms with E-state index in [-0.39, 0.29) is 17.8 Å². The molecule has 0 radical (unpaired) electrons. The zero-order chi connectivity index (χ0) is 15.2. The van der Waals surface area contributed by atoms with Crippen LogP contribution >= 0.6 is 15.9 Å². The highest BCUT2D eigenvalue weighted by molar-refractivity contribution is 9.10. The first kappa shape index (κ1) is 15.4. The van der Waals surface area contributed by atoms with Gasteiger partial charge in [-0.3, -0.25) is 0 Å². The van der Waals surface area contributed by atoms with E-state index >= 15 is 0 Å². The number of benzene rings is 1. The zero-order valence-electron chi connectivity index (χ0n) is 11.6. The molecule has 0 aliphatic rings. The van der Waals surface area contributed by atoms with Gasteiger partial charge in [0.25, 0.3) is 0 Å². The van der Waals surface area contributed by atoms with Crippen LogP contribution in [-0.2, 0) is 0 Å². The highest BCUT2D eigenvalue weighted by Gasteiger charge is 2.11. The Morgan fingerprint density at radius 1 is 1.24 bits per heavy atom. The van der Waals surface area contributed by atoms with Gasteiger partial charge < -0.3 is 14.8 Å². The van der Waals surface area contributed by atoms with Crippen LogP contribution in [0.3, 0.4) is 0 Å². The smallest absolute Gasteiger partial charge is 0.330 e. The third-order valence-corrected chi connectivity index (χ3v) is 2.90. The van der Waals surface area contributed by atoms with Crippen molar-refractivity contribution in [2.24, 2.45) is 0 Å². The first-order valence-electron chi connectivity index (χ1n) is 6.29. The fourth-order valence-corrected chi connectivity index (χ4v) is 1.78. The maximum Gasteiger partial charge on any atom is 0.330 e. The van der Waals surface area contributed by atoms with Crippen molar-refractivity contribution in [3.8, 4) is 17.8 Å². The third-order valence-electron chi connectivity index (χ3n) is 2.40. The summed E-state index contributed by atoms with van der Waals surface area (Å²) < 4.78 is 24.7. The molecular weight excluding hydrogens is 343 g/mol. The first-order valence-corrected chi connectivity index (χ1v) is 7.08. The van der Waals surface area contributed by atoms with E-state index in [0.717, 1.165) is 6.42 Å². The Kier molecular flexibility index (Phi) is 5.26. The summed E-state index contributed by atoms with van der Waals surface area (Å²) in [5, 5.41) is 3.00. The van der Waals surface area contributed by atoms with Gasteiger partial charge >= 0.3 is 12.0 Å². The number of methoxy groups -OCH3 is 1. The van der Waals surface area contributed by atoms with Crippen LogP contribution in [-0.4, -0.2) is 28.6 Å². The molecule has 1 aromatic carbocycles. The van der Waals surface area contributed by atoms with E-state index in [1.807, 2.05) is 6.92 Å². The molecule has 0 amide bonds. The Hall–Kier alpha value is -1.96. The molecule has 112 valence electrons. The van der Waals surface area contributed by atoms with E-state index in [1.165, 1.54) is 19.2 Å². The van der Waals surface area contributed by atoms with Crippen LogP contribution in [0.4, 0.5) is 10.3 Å². The standard InChI is InChI=1S/C13H14BrFN4O2/c1-3-6-16-11-17-12(20-2)19-13(18-11)21-10-7-8(14)4-5-9(10)15/h4-5,7H,3,6H2,1-2H3,(H,16,17,18,19). The quantitative estimate of drug-likeness (QED) is 0.855. The number of ether oxygens (including phenoxy) is 2. The number of hydrogen-bond acceptors (Lipinski definition) is 6. The van der Waals surface area contributed by atoms with Crippen molar-refractivity contribution < 1.29 is 13.9 Å². The lowest BCUT2D eigenvalue weighted by Gasteiger charge is -2.09. The topological polar surface area (TPSA) is 69.2 Å². The Morgan fingerprint density at radius 3 is 2.71 bits per heavy atom. The van der Waals surface area contributed by atoms with Crippen molar-refractivity contribution in [2.75, 3.05) is 19.0 Å². The largest absolute Gasteiger partial charge is 0.467 e. The van der Waals surface area contributed by atoms with Gasteiger partial charge in [-0.05, 0) is 24.6 Å². The van der Waals surface area contributed by atoms with E-state index in [4.69, 9.17) is 9.47 Å². The number of halogens is 2. The Balaban J connectivity index is 2.27. The number of nitrogens with zero attached hydrogens (tertiary/aromatic N) is 3. The summed E-state index contributed by atoms with van der Waals surface area (Å²) in [5.74, 6) is -0.186. The van der Waals surface area contributed by atoms with E-state index < -0.39 is 5.82 Å². The van der Waals surface area contributed by atoms with Gasteiger partial charge in [0.2, 0.25) is 5.95 Å². The van der Waals surface area contributed by atoms with Gasteiger partial charge in [-0.2, -0.15) is 9.97 Å². The Morgan fingerprint density at radius 2 is 2.00 bits per heavy atom. The predicted molar refractivity (Wildman–Crippen MR) is 79.3 cm³/mol. The summed E-state index contributed by atoms with van der Waals surface area (Å²) in [5.41, 5.74) is 0. The van der Waals surface area contributed by atoms with Crippen LogP contribution < -0.4 is 14.8 Å². The lowest BCUT2D eigenvalue weighted by molar-refractivity contribution is 0.355. The monoisotopic (exact) mass is 356 g/mol. The maximum absolute atomic E-state index is 13.7. The number of nitrogens with one attached hydrogen (secondary N) is 1. The average Bonchev–Trinajstić information content (AvgIpc) is 2.48. The molecule has 0 aliphatic carbocycles. The second-order valence-corrected chi connectivity index (χ2v) is 4.95. The molecule has 21 heavy (non-hydrogen) atoms. The molecule has 0 saturated carbocycles. The molecule has 0 fully saturated rings. The van der Waals surface area contributed by atoms with Crippen LogP contribution in [0.25, 0.3) is 0 Å². The predicted octanol–water partition coefficient (Wildman–Crippen LogP) is 3.40. The fraction of sp³-hybridized carbons (Fsp3) is 0.308. The van der Waals surface area contributed by atoms with Crippen LogP contribution in [0.1, 0.15) is 13.3 Å². The van der Waals surface area contributed by atoms with E-state index in [9.17, 15) is 4.39 Å². The molecular formula is C13H14BrFN4O2. The fourth-order valence-electron chi connectivity index (χ4n) is 1.44. The molecule has 0 aliphatic heterocycles. The number of aromatic nitrogens is 3. The Bertz CT molecular complexity index is 627. The lowest BCUT2D eigenvalue weighted by atomic mass is 10.3. The summed E-state index contributed by atoms with van der Waals surface area (Å²) in [6, 6.07) is 4.40. The number of hydrogen-bond donors (Lipinski definition) is 1. The van der Waals surface area contributed by atoms with E-state index in [0.29, 0.717) is 17.0 Å². The molecule has 8 heteroatoms. The van der Waals surface area contributed by atoms with E-state index in [2.05, 4.69) is 36.2 Å². The van der Waals surface area contributed by atoms with Crippen LogP contribution in [0.2, 0.25) is 0 Å². The molecule has 2 aromatic rings. The van der Waals surface area contributed by atoms with Gasteiger partial charge in [0.1, 0.15) is 0 Å². The van der Waals surface area contributed by atoms with Crippen LogP contribution in [0, 0.1) is 5.82 Å². The van der Waals surface area contributed by atoms with Gasteiger partial charge in [0, 0.05) is 11.0 Å². The normalized spacial score (nSPS) is 10.3. The van der Waals surface area contributed by atoms with Crippen molar-refractivity contribution in [3.05, 3.63) is 28.5 Å². The number of rotatable bonds is 6. The van der Waals surface area contributed by atoms with Gasteiger partial charge in [0.05, 0.1) is 7.11 Å². The van der Waals surface area contributed by atoms with Crippen molar-refractivity contribution >= 4 is 21.9 Å². The molecule has 0 bridgehead atoms.